The van der Waals surface area contributed by atoms with Gasteiger partial charge in [0.15, 0.2) is 5.70 Å². The Morgan fingerprint density at radius 1 is 1.19 bits per heavy atom. The summed E-state index contributed by atoms with van der Waals surface area (Å²) >= 11 is 0. The SMILES string of the molecule is O=C(O)C1=c2ccccc2=CNN1C(=O)O. The third-order valence-corrected chi connectivity index (χ3v) is 2.18. The number of nitrogens with one attached hydrogen (secondary N) is 1. The highest BCUT2D eigenvalue weighted by atomic mass is 16.4. The van der Waals surface area contributed by atoms with E-state index in [1.165, 1.54) is 6.20 Å². The summed E-state index contributed by atoms with van der Waals surface area (Å²) in [6.07, 6.45) is 0.0683. The van der Waals surface area contributed by atoms with Crippen LogP contribution in [0.15, 0.2) is 24.3 Å². The fourth-order valence-corrected chi connectivity index (χ4v) is 1.52. The Labute approximate surface area is 89.7 Å². The number of hydrogen-bond donors (Lipinski definition) is 3. The number of hydrogen-bond acceptors (Lipinski definition) is 3. The van der Waals surface area contributed by atoms with Crippen LogP contribution in [-0.2, 0) is 4.79 Å². The van der Waals surface area contributed by atoms with Crippen molar-refractivity contribution in [3.63, 3.8) is 0 Å². The molecule has 0 atom stereocenters. The first-order valence-electron chi connectivity index (χ1n) is 4.43. The molecule has 1 amide bonds. The molecular weight excluding hydrogens is 212 g/mol. The molecule has 0 saturated carbocycles. The molecule has 0 fully saturated rings. The number of hydrazine groups is 1. The van der Waals surface area contributed by atoms with Crippen molar-refractivity contribution in [2.24, 2.45) is 0 Å². The molecular formula is C10H8N2O4. The van der Waals surface area contributed by atoms with E-state index in [2.05, 4.69) is 5.43 Å². The molecule has 82 valence electrons. The van der Waals surface area contributed by atoms with Crippen molar-refractivity contribution in [3.8, 4) is 0 Å². The smallest absolute Gasteiger partial charge is 0.431 e. The molecule has 1 aliphatic heterocycles. The second-order valence-electron chi connectivity index (χ2n) is 3.13. The van der Waals surface area contributed by atoms with Crippen LogP contribution in [0.25, 0.3) is 11.9 Å². The number of carboxylic acid groups (broad SMARTS) is 2. The first-order valence-corrected chi connectivity index (χ1v) is 4.43. The second-order valence-corrected chi connectivity index (χ2v) is 3.13. The number of carbonyl (C=O) groups is 2. The number of rotatable bonds is 1. The maximum Gasteiger partial charge on any atom is 0.431 e. The fraction of sp³-hybridized carbons (Fsp3) is 0. The Hall–Kier alpha value is -2.50. The first-order chi connectivity index (χ1) is 7.61. The van der Waals surface area contributed by atoms with E-state index in [1.807, 2.05) is 0 Å². The van der Waals surface area contributed by atoms with Gasteiger partial charge in [0, 0.05) is 16.6 Å². The van der Waals surface area contributed by atoms with Crippen molar-refractivity contribution in [1.29, 1.82) is 0 Å². The summed E-state index contributed by atoms with van der Waals surface area (Å²) in [5.41, 5.74) is 2.10. The molecule has 6 heteroatoms. The van der Waals surface area contributed by atoms with E-state index in [0.29, 0.717) is 15.4 Å². The Morgan fingerprint density at radius 2 is 1.88 bits per heavy atom. The molecule has 0 saturated heterocycles. The Balaban J connectivity index is 2.79. The van der Waals surface area contributed by atoms with Gasteiger partial charge in [0.25, 0.3) is 0 Å². The van der Waals surface area contributed by atoms with Crippen molar-refractivity contribution < 1.29 is 19.8 Å². The summed E-state index contributed by atoms with van der Waals surface area (Å²) in [4.78, 5) is 21.9. The molecule has 0 radical (unpaired) electrons. The summed E-state index contributed by atoms with van der Waals surface area (Å²) in [6, 6.07) is 6.66. The van der Waals surface area contributed by atoms with Gasteiger partial charge in [-0.2, -0.15) is 5.01 Å². The van der Waals surface area contributed by atoms with Crippen molar-refractivity contribution in [2.75, 3.05) is 0 Å². The summed E-state index contributed by atoms with van der Waals surface area (Å²) in [5.74, 6) is -1.30. The van der Waals surface area contributed by atoms with Crippen molar-refractivity contribution in [3.05, 3.63) is 34.7 Å². The van der Waals surface area contributed by atoms with E-state index in [0.717, 1.165) is 0 Å². The van der Waals surface area contributed by atoms with Crippen LogP contribution in [0, 0.1) is 0 Å². The minimum atomic E-state index is -1.37. The van der Waals surface area contributed by atoms with E-state index in [4.69, 9.17) is 10.2 Å². The zero-order valence-corrected chi connectivity index (χ0v) is 8.04. The lowest BCUT2D eigenvalue weighted by Crippen LogP contribution is -2.50. The molecule has 2 rings (SSSR count). The molecule has 1 aromatic rings. The second kappa shape index (κ2) is 3.58. The molecule has 0 aliphatic carbocycles. The number of fused-ring (bicyclic) bond motifs is 1. The predicted molar refractivity (Wildman–Crippen MR) is 54.2 cm³/mol. The number of amides is 1. The standard InChI is InChI=1S/C10H8N2O4/c13-9(14)8-7-4-2-1-3-6(7)5-11-12(8)10(15)16/h1-5,11H,(H,13,14)(H,15,16). The lowest BCUT2D eigenvalue weighted by Gasteiger charge is -2.22. The number of carboxylic acids is 1. The highest BCUT2D eigenvalue weighted by Gasteiger charge is 2.25. The molecule has 0 bridgehead atoms. The average Bonchev–Trinajstić information content (AvgIpc) is 2.27. The van der Waals surface area contributed by atoms with Crippen LogP contribution < -0.4 is 15.9 Å². The Morgan fingerprint density at radius 3 is 2.50 bits per heavy atom. The van der Waals surface area contributed by atoms with Gasteiger partial charge in [0.2, 0.25) is 0 Å². The van der Waals surface area contributed by atoms with Crippen LogP contribution >= 0.6 is 0 Å². The fourth-order valence-electron chi connectivity index (χ4n) is 1.52. The van der Waals surface area contributed by atoms with Crippen LogP contribution in [0.1, 0.15) is 0 Å². The maximum atomic E-state index is 11.0. The van der Waals surface area contributed by atoms with Crippen LogP contribution in [0.4, 0.5) is 4.79 Å². The third-order valence-electron chi connectivity index (χ3n) is 2.18. The van der Waals surface area contributed by atoms with Gasteiger partial charge in [0.05, 0.1) is 0 Å². The van der Waals surface area contributed by atoms with E-state index < -0.39 is 12.1 Å². The highest BCUT2D eigenvalue weighted by Crippen LogP contribution is 2.02. The van der Waals surface area contributed by atoms with E-state index in [-0.39, 0.29) is 5.70 Å². The van der Waals surface area contributed by atoms with Gasteiger partial charge in [-0.25, -0.2) is 9.59 Å². The number of benzene rings is 1. The molecule has 0 unspecified atom stereocenters. The normalized spacial score (nSPS) is 13.5. The molecule has 16 heavy (non-hydrogen) atoms. The van der Waals surface area contributed by atoms with Crippen molar-refractivity contribution in [2.45, 2.75) is 0 Å². The molecule has 0 aromatic heterocycles. The van der Waals surface area contributed by atoms with Gasteiger partial charge in [-0.05, 0) is 0 Å². The van der Waals surface area contributed by atoms with E-state index in [1.54, 1.807) is 24.3 Å². The zero-order chi connectivity index (χ0) is 11.7. The minimum Gasteiger partial charge on any atom is -0.476 e. The van der Waals surface area contributed by atoms with Crippen LogP contribution in [0.5, 0.6) is 0 Å². The van der Waals surface area contributed by atoms with Gasteiger partial charge in [-0.15, -0.1) is 0 Å². The molecule has 3 N–H and O–H groups in total. The predicted octanol–water partition coefficient (Wildman–Crippen LogP) is -0.884. The molecule has 6 nitrogen and oxygen atoms in total. The van der Waals surface area contributed by atoms with Gasteiger partial charge >= 0.3 is 12.1 Å². The van der Waals surface area contributed by atoms with E-state index in [9.17, 15) is 9.59 Å². The monoisotopic (exact) mass is 220 g/mol. The number of aliphatic carboxylic acids is 1. The average molecular weight is 220 g/mol. The van der Waals surface area contributed by atoms with Gasteiger partial charge in [-0.1, -0.05) is 24.3 Å². The van der Waals surface area contributed by atoms with Gasteiger partial charge in [0.1, 0.15) is 0 Å². The summed E-state index contributed by atoms with van der Waals surface area (Å²) in [7, 11) is 0. The van der Waals surface area contributed by atoms with Crippen LogP contribution in [0.2, 0.25) is 0 Å². The largest absolute Gasteiger partial charge is 0.476 e. The first kappa shape index (κ1) is 10.0. The number of nitrogens with zero attached hydrogens (tertiary/aromatic N) is 1. The summed E-state index contributed by atoms with van der Waals surface area (Å²) < 4.78 is 0. The molecule has 1 aliphatic rings. The van der Waals surface area contributed by atoms with Crippen LogP contribution in [0.3, 0.4) is 0 Å². The van der Waals surface area contributed by atoms with Crippen molar-refractivity contribution in [1.82, 2.24) is 10.4 Å². The molecule has 1 aromatic carbocycles. The summed E-state index contributed by atoms with van der Waals surface area (Å²) in [5, 5.41) is 19.4. The van der Waals surface area contributed by atoms with E-state index >= 15 is 0 Å². The quantitative estimate of drug-likeness (QED) is 0.571. The molecule has 1 heterocycles. The topological polar surface area (TPSA) is 89.9 Å². The van der Waals surface area contributed by atoms with Gasteiger partial charge < -0.3 is 10.2 Å². The lowest BCUT2D eigenvalue weighted by atomic mass is 10.2. The summed E-state index contributed by atoms with van der Waals surface area (Å²) in [6.45, 7) is 0. The Bertz CT molecular complexity index is 579. The Kier molecular flexibility index (Phi) is 2.24. The van der Waals surface area contributed by atoms with Crippen LogP contribution in [-0.4, -0.2) is 27.3 Å². The zero-order valence-electron chi connectivity index (χ0n) is 8.04. The maximum absolute atomic E-state index is 11.0. The van der Waals surface area contributed by atoms with Crippen molar-refractivity contribution >= 4 is 24.0 Å². The highest BCUT2D eigenvalue weighted by molar-refractivity contribution is 6.11. The molecule has 0 spiro atoms. The minimum absolute atomic E-state index is 0.300. The third kappa shape index (κ3) is 1.46. The lowest BCUT2D eigenvalue weighted by molar-refractivity contribution is -0.131. The van der Waals surface area contributed by atoms with Gasteiger partial charge in [-0.3, -0.25) is 5.43 Å².